The van der Waals surface area contributed by atoms with Crippen molar-refractivity contribution in [2.75, 3.05) is 48.7 Å². The molecule has 1 aromatic heterocycles. The molecule has 4 rings (SSSR count). The Bertz CT molecular complexity index is 1710. The molecule has 0 unspecified atom stereocenters. The van der Waals surface area contributed by atoms with Gasteiger partial charge in [0.15, 0.2) is 0 Å². The number of nitriles is 1. The molecule has 1 fully saturated rings. The lowest BCUT2D eigenvalue weighted by Gasteiger charge is -2.27. The van der Waals surface area contributed by atoms with Crippen molar-refractivity contribution in [2.24, 2.45) is 0 Å². The first-order valence-corrected chi connectivity index (χ1v) is 15.8. The van der Waals surface area contributed by atoms with Gasteiger partial charge in [0, 0.05) is 37.2 Å². The van der Waals surface area contributed by atoms with Crippen molar-refractivity contribution in [1.29, 1.82) is 5.26 Å². The highest BCUT2D eigenvalue weighted by molar-refractivity contribution is 5.96. The number of nitrogens with zero attached hydrogens (tertiary/aromatic N) is 4. The fourth-order valence-electron chi connectivity index (χ4n) is 5.04. The largest absolute Gasteiger partial charge is 0.507 e. The van der Waals surface area contributed by atoms with Crippen LogP contribution in [0.1, 0.15) is 45.1 Å². The molecule has 6 N–H and O–H groups in total. The second-order valence-corrected chi connectivity index (χ2v) is 11.2. The number of aromatic hydroxyl groups is 1. The molecule has 2 aromatic carbocycles. The highest BCUT2D eigenvalue weighted by Crippen LogP contribution is 2.37. The maximum absolute atomic E-state index is 13.0. The normalized spacial score (nSPS) is 13.0. The van der Waals surface area contributed by atoms with E-state index in [0.717, 1.165) is 44.0 Å². The Labute approximate surface area is 295 Å². The van der Waals surface area contributed by atoms with Crippen LogP contribution in [0, 0.1) is 11.3 Å². The lowest BCUT2D eigenvalue weighted by Crippen LogP contribution is -2.32. The van der Waals surface area contributed by atoms with Crippen LogP contribution in [0.25, 0.3) is 22.4 Å². The first-order chi connectivity index (χ1) is 24.3. The number of benzene rings is 2. The number of halogens is 6. The maximum atomic E-state index is 13.0. The van der Waals surface area contributed by atoms with Gasteiger partial charge >= 0.3 is 24.3 Å². The van der Waals surface area contributed by atoms with Gasteiger partial charge in [0.2, 0.25) is 5.91 Å². The van der Waals surface area contributed by atoms with E-state index in [0.29, 0.717) is 28.9 Å². The lowest BCUT2D eigenvalue weighted by atomic mass is 9.97. The SMILES string of the molecule is CCN(CC)c1ccc(-c2cc(-c3ccccc3O)nc(N)c2C#N)cc1NC(=O)CCN1CCCCC1.O=C(O)C(F)(F)F.O=C(O)C(F)(F)F. The number of pyridine rings is 1. The Morgan fingerprint density at radius 3 is 1.98 bits per heavy atom. The van der Waals surface area contributed by atoms with E-state index in [9.17, 15) is 41.5 Å². The summed E-state index contributed by atoms with van der Waals surface area (Å²) < 4.78 is 63.5. The monoisotopic (exact) mass is 740 g/mol. The number of alkyl halides is 6. The number of nitrogens with one attached hydrogen (secondary N) is 1. The average molecular weight is 741 g/mol. The predicted molar refractivity (Wildman–Crippen MR) is 180 cm³/mol. The Hall–Kier alpha value is -5.57. The Balaban J connectivity index is 0.000000564. The minimum Gasteiger partial charge on any atom is -0.507 e. The predicted octanol–water partition coefficient (Wildman–Crippen LogP) is 6.50. The molecule has 1 amide bonds. The van der Waals surface area contributed by atoms with E-state index in [2.05, 4.69) is 40.0 Å². The van der Waals surface area contributed by atoms with Crippen molar-refractivity contribution in [1.82, 2.24) is 9.88 Å². The van der Waals surface area contributed by atoms with E-state index >= 15 is 0 Å². The number of phenols is 1. The minimum absolute atomic E-state index is 0.0363. The number of hydrogen-bond donors (Lipinski definition) is 5. The summed E-state index contributed by atoms with van der Waals surface area (Å²) in [5.41, 5.74) is 10.4. The fourth-order valence-corrected chi connectivity index (χ4v) is 5.04. The van der Waals surface area contributed by atoms with Crippen molar-refractivity contribution >= 4 is 35.0 Å². The quantitative estimate of drug-likeness (QED) is 0.150. The van der Waals surface area contributed by atoms with E-state index in [-0.39, 0.29) is 23.0 Å². The van der Waals surface area contributed by atoms with Crippen LogP contribution in [-0.4, -0.2) is 88.1 Å². The molecule has 18 heteroatoms. The number of anilines is 3. The topological polar surface area (TPSA) is 193 Å². The van der Waals surface area contributed by atoms with Crippen molar-refractivity contribution in [3.8, 4) is 34.2 Å². The van der Waals surface area contributed by atoms with Crippen LogP contribution in [-0.2, 0) is 14.4 Å². The van der Waals surface area contributed by atoms with Crippen molar-refractivity contribution < 1.29 is 56.0 Å². The summed E-state index contributed by atoms with van der Waals surface area (Å²) >= 11 is 0. The standard InChI is InChI=1S/C30H36N6O2.2C2HF3O2/c1-3-36(4-2)27-13-12-21(18-26(27)33-29(38)14-17-35-15-8-5-9-16-35)23-19-25(34-30(32)24(23)20-31)22-10-6-7-11-28(22)37;2*3-2(4,5)1(6)7/h6-7,10-13,18-19,37H,3-5,8-9,14-17H2,1-2H3,(H2,32,34)(H,33,38);2*(H,6,7). The van der Waals surface area contributed by atoms with Gasteiger partial charge in [0.25, 0.3) is 0 Å². The molecule has 1 aliphatic heterocycles. The van der Waals surface area contributed by atoms with Crippen LogP contribution in [0.2, 0.25) is 0 Å². The Morgan fingerprint density at radius 2 is 1.48 bits per heavy atom. The molecule has 282 valence electrons. The van der Waals surface area contributed by atoms with Gasteiger partial charge in [-0.15, -0.1) is 0 Å². The number of piperidine rings is 1. The maximum Gasteiger partial charge on any atom is 0.490 e. The number of carboxylic acids is 2. The third-order valence-corrected chi connectivity index (χ3v) is 7.61. The summed E-state index contributed by atoms with van der Waals surface area (Å²) in [7, 11) is 0. The first-order valence-electron chi connectivity index (χ1n) is 15.8. The molecule has 0 spiro atoms. The highest BCUT2D eigenvalue weighted by Gasteiger charge is 2.39. The molecular weight excluding hydrogens is 702 g/mol. The second-order valence-electron chi connectivity index (χ2n) is 11.2. The van der Waals surface area contributed by atoms with Crippen molar-refractivity contribution in [3.63, 3.8) is 0 Å². The number of amides is 1. The molecule has 2 heterocycles. The van der Waals surface area contributed by atoms with E-state index in [1.54, 1.807) is 30.3 Å². The van der Waals surface area contributed by atoms with Gasteiger partial charge in [0.05, 0.1) is 17.1 Å². The number of hydrogen-bond acceptors (Lipinski definition) is 9. The smallest absolute Gasteiger partial charge is 0.490 e. The van der Waals surface area contributed by atoms with E-state index in [1.165, 1.54) is 19.3 Å². The molecule has 3 aromatic rings. The summed E-state index contributed by atoms with van der Waals surface area (Å²) in [4.78, 5) is 39.8. The molecule has 0 atom stereocenters. The van der Waals surface area contributed by atoms with Gasteiger partial charge in [-0.1, -0.05) is 24.6 Å². The molecule has 52 heavy (non-hydrogen) atoms. The third-order valence-electron chi connectivity index (χ3n) is 7.61. The number of nitrogen functional groups attached to an aromatic ring is 1. The summed E-state index contributed by atoms with van der Waals surface area (Å²) in [6.45, 7) is 8.58. The molecular formula is C34H38F6N6O6. The number of carbonyl (C=O) groups excluding carboxylic acids is 1. The zero-order valence-corrected chi connectivity index (χ0v) is 28.2. The van der Waals surface area contributed by atoms with E-state index < -0.39 is 24.3 Å². The number of para-hydroxylation sites is 1. The summed E-state index contributed by atoms with van der Waals surface area (Å²) in [5, 5.41) is 37.7. The van der Waals surface area contributed by atoms with Gasteiger partial charge in [0.1, 0.15) is 23.2 Å². The first kappa shape index (κ1) is 42.6. The van der Waals surface area contributed by atoms with Crippen LogP contribution in [0.5, 0.6) is 5.75 Å². The summed E-state index contributed by atoms with van der Waals surface area (Å²) in [6.07, 6.45) is -6.10. The van der Waals surface area contributed by atoms with Crippen LogP contribution in [0.4, 0.5) is 43.5 Å². The number of phenolic OH excluding ortho intramolecular Hbond substituents is 1. The summed E-state index contributed by atoms with van der Waals surface area (Å²) in [6, 6.07) is 16.6. The molecule has 1 saturated heterocycles. The van der Waals surface area contributed by atoms with Crippen LogP contribution < -0.4 is 16.0 Å². The molecule has 1 aliphatic rings. The number of aliphatic carboxylic acids is 2. The average Bonchev–Trinajstić information content (AvgIpc) is 3.08. The molecule has 12 nitrogen and oxygen atoms in total. The van der Waals surface area contributed by atoms with Gasteiger partial charge in [-0.3, -0.25) is 4.79 Å². The number of carbonyl (C=O) groups is 3. The van der Waals surface area contributed by atoms with E-state index in [1.807, 2.05) is 18.2 Å². The Kier molecular flexibility index (Phi) is 15.7. The molecule has 0 saturated carbocycles. The zero-order chi connectivity index (χ0) is 39.2. The molecule has 0 radical (unpaired) electrons. The molecule has 0 aliphatic carbocycles. The van der Waals surface area contributed by atoms with E-state index in [4.69, 9.17) is 25.5 Å². The number of rotatable bonds is 9. The number of carboxylic acid groups (broad SMARTS) is 2. The minimum atomic E-state index is -5.08. The zero-order valence-electron chi connectivity index (χ0n) is 28.2. The Morgan fingerprint density at radius 1 is 0.923 bits per heavy atom. The number of likely N-dealkylation sites (tertiary alicyclic amines) is 1. The van der Waals surface area contributed by atoms with Gasteiger partial charge < -0.3 is 36.2 Å². The third kappa shape index (κ3) is 12.6. The fraction of sp³-hybridized carbons (Fsp3) is 0.382. The number of nitrogens with two attached hydrogens (primary N) is 1. The van der Waals surface area contributed by atoms with Crippen molar-refractivity contribution in [3.05, 3.63) is 54.1 Å². The highest BCUT2D eigenvalue weighted by atomic mass is 19.4. The van der Waals surface area contributed by atoms with Crippen LogP contribution >= 0.6 is 0 Å². The van der Waals surface area contributed by atoms with Crippen LogP contribution in [0.3, 0.4) is 0 Å². The number of aromatic nitrogens is 1. The second kappa shape index (κ2) is 19.2. The lowest BCUT2D eigenvalue weighted by molar-refractivity contribution is -0.193. The van der Waals surface area contributed by atoms with Gasteiger partial charge in [-0.05, 0) is 75.7 Å². The summed E-state index contributed by atoms with van der Waals surface area (Å²) in [5.74, 6) is -5.39. The van der Waals surface area contributed by atoms with Crippen LogP contribution in [0.15, 0.2) is 48.5 Å². The van der Waals surface area contributed by atoms with Gasteiger partial charge in [-0.2, -0.15) is 31.6 Å². The molecule has 0 bridgehead atoms. The van der Waals surface area contributed by atoms with Gasteiger partial charge in [-0.25, -0.2) is 14.6 Å². The van der Waals surface area contributed by atoms with Crippen molar-refractivity contribution in [2.45, 2.75) is 51.9 Å².